The Hall–Kier alpha value is -1.40. The summed E-state index contributed by atoms with van der Waals surface area (Å²) in [6.07, 6.45) is 3.70. The van der Waals surface area contributed by atoms with Gasteiger partial charge < -0.3 is 9.64 Å². The monoisotopic (exact) mass is 292 g/mol. The topological polar surface area (TPSA) is 50.6 Å². The fourth-order valence-electron chi connectivity index (χ4n) is 3.33. The average Bonchev–Trinajstić information content (AvgIpc) is 3.06. The Balaban J connectivity index is 1.58. The third-order valence-electron chi connectivity index (χ3n) is 4.50. The molecule has 0 aliphatic carbocycles. The van der Waals surface area contributed by atoms with Crippen molar-refractivity contribution in [3.8, 4) is 0 Å². The second-order valence-corrected chi connectivity index (χ2v) is 6.21. The number of nitrogens with zero attached hydrogens (tertiary/aromatic N) is 4. The molecule has 21 heavy (non-hydrogen) atoms. The summed E-state index contributed by atoms with van der Waals surface area (Å²) in [5.74, 6) is 0.687. The molecule has 2 atom stereocenters. The van der Waals surface area contributed by atoms with Crippen LogP contribution in [0.5, 0.6) is 0 Å². The van der Waals surface area contributed by atoms with E-state index in [1.54, 1.807) is 10.9 Å². The van der Waals surface area contributed by atoms with Crippen molar-refractivity contribution in [2.24, 2.45) is 5.92 Å². The first-order valence-electron chi connectivity index (χ1n) is 7.72. The van der Waals surface area contributed by atoms with E-state index in [0.717, 1.165) is 45.0 Å². The number of hydrogen-bond donors (Lipinski definition) is 0. The van der Waals surface area contributed by atoms with Gasteiger partial charge in [0.05, 0.1) is 19.4 Å². The molecule has 0 bridgehead atoms. The molecule has 3 heterocycles. The lowest BCUT2D eigenvalue weighted by molar-refractivity contribution is -0.131. The van der Waals surface area contributed by atoms with E-state index in [4.69, 9.17) is 4.74 Å². The van der Waals surface area contributed by atoms with Gasteiger partial charge in [0, 0.05) is 38.4 Å². The molecule has 1 amide bonds. The van der Waals surface area contributed by atoms with Crippen LogP contribution in [-0.2, 0) is 16.1 Å². The number of amides is 1. The predicted molar refractivity (Wildman–Crippen MR) is 78.9 cm³/mol. The summed E-state index contributed by atoms with van der Waals surface area (Å²) in [6, 6.07) is 0.470. The average molecular weight is 292 g/mol. The van der Waals surface area contributed by atoms with Crippen molar-refractivity contribution in [3.63, 3.8) is 0 Å². The van der Waals surface area contributed by atoms with E-state index in [2.05, 4.69) is 16.9 Å². The molecule has 116 valence electrons. The van der Waals surface area contributed by atoms with E-state index in [9.17, 15) is 4.79 Å². The summed E-state index contributed by atoms with van der Waals surface area (Å²) in [5.41, 5.74) is 1.09. The van der Waals surface area contributed by atoms with Crippen LogP contribution in [0, 0.1) is 12.8 Å². The second kappa shape index (κ2) is 6.15. The summed E-state index contributed by atoms with van der Waals surface area (Å²) in [5, 5.41) is 4.20. The van der Waals surface area contributed by atoms with Gasteiger partial charge >= 0.3 is 0 Å². The van der Waals surface area contributed by atoms with Gasteiger partial charge in [-0.05, 0) is 18.4 Å². The Morgan fingerprint density at radius 2 is 2.14 bits per heavy atom. The normalized spacial score (nSPS) is 27.2. The van der Waals surface area contributed by atoms with Crippen molar-refractivity contribution in [2.75, 3.05) is 39.4 Å². The maximum absolute atomic E-state index is 12.4. The quantitative estimate of drug-likeness (QED) is 0.808. The van der Waals surface area contributed by atoms with Crippen molar-refractivity contribution in [3.05, 3.63) is 18.0 Å². The van der Waals surface area contributed by atoms with E-state index in [1.807, 2.05) is 18.0 Å². The first-order chi connectivity index (χ1) is 10.1. The molecule has 2 fully saturated rings. The number of carbonyl (C=O) groups excluding carboxylic acids is 1. The molecule has 0 saturated carbocycles. The molecule has 6 heteroatoms. The van der Waals surface area contributed by atoms with Crippen molar-refractivity contribution in [2.45, 2.75) is 26.4 Å². The first kappa shape index (κ1) is 14.5. The minimum absolute atomic E-state index is 0.167. The number of aromatic nitrogens is 2. The zero-order valence-electron chi connectivity index (χ0n) is 12.9. The zero-order valence-corrected chi connectivity index (χ0v) is 12.9. The van der Waals surface area contributed by atoms with Gasteiger partial charge in [0.2, 0.25) is 5.91 Å². The lowest BCUT2D eigenvalue weighted by Gasteiger charge is -2.33. The minimum Gasteiger partial charge on any atom is -0.379 e. The molecular weight excluding hydrogens is 268 g/mol. The highest BCUT2D eigenvalue weighted by Crippen LogP contribution is 2.23. The van der Waals surface area contributed by atoms with E-state index < -0.39 is 0 Å². The summed E-state index contributed by atoms with van der Waals surface area (Å²) in [4.78, 5) is 16.9. The van der Waals surface area contributed by atoms with Crippen LogP contribution in [-0.4, -0.2) is 70.9 Å². The van der Waals surface area contributed by atoms with Crippen molar-refractivity contribution in [1.82, 2.24) is 19.6 Å². The van der Waals surface area contributed by atoms with Crippen LogP contribution in [0.1, 0.15) is 12.5 Å². The molecule has 2 aliphatic rings. The molecule has 6 nitrogen and oxygen atoms in total. The Morgan fingerprint density at radius 1 is 1.38 bits per heavy atom. The number of rotatable bonds is 3. The molecule has 2 saturated heterocycles. The van der Waals surface area contributed by atoms with E-state index in [0.29, 0.717) is 18.5 Å². The third-order valence-corrected chi connectivity index (χ3v) is 4.50. The molecule has 1 aromatic rings. The summed E-state index contributed by atoms with van der Waals surface area (Å²) >= 11 is 0. The van der Waals surface area contributed by atoms with Crippen molar-refractivity contribution >= 4 is 5.91 Å². The van der Waals surface area contributed by atoms with Crippen LogP contribution in [0.2, 0.25) is 0 Å². The molecular formula is C15H24N4O2. The fraction of sp³-hybridized carbons (Fsp3) is 0.733. The van der Waals surface area contributed by atoms with Crippen molar-refractivity contribution in [1.29, 1.82) is 0 Å². The van der Waals surface area contributed by atoms with Gasteiger partial charge in [-0.3, -0.25) is 14.4 Å². The van der Waals surface area contributed by atoms with E-state index in [1.165, 1.54) is 0 Å². The highest BCUT2D eigenvalue weighted by Gasteiger charge is 2.36. The number of ether oxygens (including phenoxy) is 1. The van der Waals surface area contributed by atoms with Gasteiger partial charge in [-0.15, -0.1) is 0 Å². The van der Waals surface area contributed by atoms with E-state index in [-0.39, 0.29) is 5.91 Å². The predicted octanol–water partition coefficient (Wildman–Crippen LogP) is 0.371. The summed E-state index contributed by atoms with van der Waals surface area (Å²) < 4.78 is 7.14. The maximum atomic E-state index is 12.4. The van der Waals surface area contributed by atoms with Gasteiger partial charge in [-0.2, -0.15) is 5.10 Å². The smallest absolute Gasteiger partial charge is 0.244 e. The van der Waals surface area contributed by atoms with Crippen LogP contribution in [0.4, 0.5) is 0 Å². The highest BCUT2D eigenvalue weighted by molar-refractivity contribution is 5.76. The minimum atomic E-state index is 0.167. The zero-order chi connectivity index (χ0) is 14.8. The molecule has 2 aliphatic heterocycles. The van der Waals surface area contributed by atoms with Gasteiger partial charge in [0.15, 0.2) is 0 Å². The Labute approximate surface area is 125 Å². The Kier molecular flexibility index (Phi) is 4.26. The molecule has 1 aromatic heterocycles. The highest BCUT2D eigenvalue weighted by atomic mass is 16.5. The maximum Gasteiger partial charge on any atom is 0.244 e. The van der Waals surface area contributed by atoms with Gasteiger partial charge in [0.25, 0.3) is 0 Å². The van der Waals surface area contributed by atoms with Gasteiger partial charge in [-0.25, -0.2) is 0 Å². The number of morpholine rings is 1. The molecule has 0 radical (unpaired) electrons. The van der Waals surface area contributed by atoms with Crippen molar-refractivity contribution < 1.29 is 9.53 Å². The lowest BCUT2D eigenvalue weighted by atomic mass is 10.0. The largest absolute Gasteiger partial charge is 0.379 e. The number of hydrogen-bond acceptors (Lipinski definition) is 4. The van der Waals surface area contributed by atoms with Crippen LogP contribution in [0.3, 0.4) is 0 Å². The Morgan fingerprint density at radius 3 is 2.81 bits per heavy atom. The van der Waals surface area contributed by atoms with Gasteiger partial charge in [0.1, 0.15) is 6.54 Å². The van der Waals surface area contributed by atoms with Crippen LogP contribution < -0.4 is 0 Å². The standard InChI is InChI=1S/C15H24N4O2/c1-12-7-16-19(8-12)11-15(20)18-9-13(2)14(10-18)17-3-5-21-6-4-17/h7-8,13-14H,3-6,9-11H2,1-2H3/t13-,14-/m0/s1. The molecule has 0 unspecified atom stereocenters. The molecule has 3 rings (SSSR count). The number of aryl methyl sites for hydroxylation is 1. The van der Waals surface area contributed by atoms with Crippen LogP contribution >= 0.6 is 0 Å². The molecule has 0 aromatic carbocycles. The SMILES string of the molecule is Cc1cnn(CC(=O)N2C[C@H](C)[C@@H](N3CCOCC3)C2)c1. The van der Waals surface area contributed by atoms with Gasteiger partial charge in [-0.1, -0.05) is 6.92 Å². The fourth-order valence-corrected chi connectivity index (χ4v) is 3.33. The molecule has 0 spiro atoms. The van der Waals surface area contributed by atoms with Crippen LogP contribution in [0.15, 0.2) is 12.4 Å². The Bertz CT molecular complexity index is 496. The van der Waals surface area contributed by atoms with E-state index >= 15 is 0 Å². The first-order valence-corrected chi connectivity index (χ1v) is 7.72. The summed E-state index contributed by atoms with van der Waals surface area (Å²) in [7, 11) is 0. The second-order valence-electron chi connectivity index (χ2n) is 6.21. The summed E-state index contributed by atoms with van der Waals surface area (Å²) in [6.45, 7) is 9.84. The molecule has 0 N–H and O–H groups in total. The third kappa shape index (κ3) is 3.27. The number of likely N-dealkylation sites (tertiary alicyclic amines) is 1. The lowest BCUT2D eigenvalue weighted by Crippen LogP contribution is -2.47. The van der Waals surface area contributed by atoms with Crippen LogP contribution in [0.25, 0.3) is 0 Å². The number of carbonyl (C=O) groups is 1.